The zero-order valence-electron chi connectivity index (χ0n) is 18.8. The summed E-state index contributed by atoms with van der Waals surface area (Å²) < 4.78 is 0. The molecule has 33 heavy (non-hydrogen) atoms. The van der Waals surface area contributed by atoms with Gasteiger partial charge in [0.15, 0.2) is 0 Å². The van der Waals surface area contributed by atoms with Crippen LogP contribution in [-0.2, 0) is 0 Å². The van der Waals surface area contributed by atoms with Crippen molar-refractivity contribution in [3.63, 3.8) is 0 Å². The molecule has 6 rings (SSSR count). The van der Waals surface area contributed by atoms with Crippen LogP contribution < -0.4 is 0 Å². The molecule has 0 aliphatic heterocycles. The molecular weight excluding hydrogens is 396 g/mol. The highest BCUT2D eigenvalue weighted by Gasteiger charge is 2.17. The minimum Gasteiger partial charge on any atom is -0.0808 e. The summed E-state index contributed by atoms with van der Waals surface area (Å²) in [4.78, 5) is 0. The van der Waals surface area contributed by atoms with Gasteiger partial charge in [0, 0.05) is 0 Å². The van der Waals surface area contributed by atoms with Crippen molar-refractivity contribution in [3.8, 4) is 22.3 Å². The minimum absolute atomic E-state index is 0.614. The van der Waals surface area contributed by atoms with Crippen LogP contribution in [0.2, 0.25) is 0 Å². The van der Waals surface area contributed by atoms with Crippen LogP contribution in [0.5, 0.6) is 0 Å². The van der Waals surface area contributed by atoms with Crippen LogP contribution in [0.25, 0.3) is 49.4 Å². The summed E-state index contributed by atoms with van der Waals surface area (Å²) in [5, 5.41) is 5.21. The maximum absolute atomic E-state index is 2.41. The topological polar surface area (TPSA) is 0 Å². The highest BCUT2D eigenvalue weighted by Crippen LogP contribution is 2.44. The summed E-state index contributed by atoms with van der Waals surface area (Å²) in [6.07, 6.45) is 8.10. The Labute approximate surface area is 195 Å². The van der Waals surface area contributed by atoms with E-state index in [1.165, 1.54) is 54.9 Å². The van der Waals surface area contributed by atoms with E-state index in [1.807, 2.05) is 0 Å². The average Bonchev–Trinajstić information content (AvgIpc) is 2.88. The second kappa shape index (κ2) is 8.22. The highest BCUT2D eigenvalue weighted by molar-refractivity contribution is 6.21. The van der Waals surface area contributed by atoms with Crippen LogP contribution in [0, 0.1) is 5.92 Å². The second-order valence-electron chi connectivity index (χ2n) is 9.02. The van der Waals surface area contributed by atoms with Gasteiger partial charge < -0.3 is 0 Å². The number of fused-ring (bicyclic) bond motifs is 2. The lowest BCUT2D eigenvalue weighted by Gasteiger charge is -2.19. The SMILES string of the molecule is CC1C=CC(c2ccc3c(-c4ccccc4)c4ccccc4c(-c4ccccc4)c3c2)=CC1. The van der Waals surface area contributed by atoms with E-state index < -0.39 is 0 Å². The Bertz CT molecular complexity index is 1520. The second-order valence-corrected chi connectivity index (χ2v) is 9.02. The normalized spacial score (nSPS) is 15.7. The number of hydrogen-bond acceptors (Lipinski definition) is 0. The third kappa shape index (κ3) is 3.49. The predicted octanol–water partition coefficient (Wildman–Crippen LogP) is 9.31. The van der Waals surface area contributed by atoms with Crippen LogP contribution in [0.15, 0.2) is 121 Å². The standard InChI is InChI=1S/C33H26/c1-23-16-18-24(19-17-23)27-20-21-30-31(22-27)33(26-12-6-3-7-13-26)29-15-9-8-14-28(29)32(30)25-10-4-2-5-11-25/h2-16,18-23H,17H2,1H3. The van der Waals surface area contributed by atoms with Crippen LogP contribution in [0.4, 0.5) is 0 Å². The first kappa shape index (κ1) is 19.8. The van der Waals surface area contributed by atoms with Crippen molar-refractivity contribution < 1.29 is 0 Å². The van der Waals surface area contributed by atoms with E-state index in [9.17, 15) is 0 Å². The zero-order valence-corrected chi connectivity index (χ0v) is 18.8. The molecule has 0 amide bonds. The third-order valence-corrected chi connectivity index (χ3v) is 6.80. The molecule has 0 saturated carbocycles. The van der Waals surface area contributed by atoms with E-state index in [0.29, 0.717) is 5.92 Å². The highest BCUT2D eigenvalue weighted by atomic mass is 14.2. The predicted molar refractivity (Wildman–Crippen MR) is 143 cm³/mol. The Balaban J connectivity index is 1.74. The molecular formula is C33H26. The molecule has 5 aromatic carbocycles. The van der Waals surface area contributed by atoms with Gasteiger partial charge in [-0.05, 0) is 73.3 Å². The Morgan fingerprint density at radius 1 is 0.545 bits per heavy atom. The van der Waals surface area contributed by atoms with E-state index in [2.05, 4.69) is 128 Å². The molecule has 0 heteroatoms. The van der Waals surface area contributed by atoms with E-state index in [-0.39, 0.29) is 0 Å². The van der Waals surface area contributed by atoms with Gasteiger partial charge in [0.05, 0.1) is 0 Å². The maximum atomic E-state index is 2.41. The quantitative estimate of drug-likeness (QED) is 0.254. The number of benzene rings is 5. The Morgan fingerprint density at radius 3 is 1.67 bits per heavy atom. The lowest BCUT2D eigenvalue weighted by atomic mass is 9.84. The van der Waals surface area contributed by atoms with Gasteiger partial charge in [-0.3, -0.25) is 0 Å². The molecule has 0 heterocycles. The zero-order chi connectivity index (χ0) is 22.2. The Kier molecular flexibility index (Phi) is 4.92. The summed E-state index contributed by atoms with van der Waals surface area (Å²) in [6, 6.07) is 37.5. The van der Waals surface area contributed by atoms with Gasteiger partial charge in [-0.25, -0.2) is 0 Å². The number of allylic oxidation sites excluding steroid dienone is 4. The van der Waals surface area contributed by atoms with E-state index in [1.54, 1.807) is 0 Å². The molecule has 0 saturated heterocycles. The molecule has 0 N–H and O–H groups in total. The molecule has 158 valence electrons. The van der Waals surface area contributed by atoms with Crippen molar-refractivity contribution in [1.29, 1.82) is 0 Å². The van der Waals surface area contributed by atoms with Crippen molar-refractivity contribution >= 4 is 27.1 Å². The van der Waals surface area contributed by atoms with Crippen LogP contribution in [0.3, 0.4) is 0 Å². The fourth-order valence-electron chi connectivity index (χ4n) is 5.13. The van der Waals surface area contributed by atoms with Gasteiger partial charge >= 0.3 is 0 Å². The smallest absolute Gasteiger partial charge is 0.00262 e. The fraction of sp³-hybridized carbons (Fsp3) is 0.0909. The van der Waals surface area contributed by atoms with Gasteiger partial charge in [-0.1, -0.05) is 122 Å². The van der Waals surface area contributed by atoms with Gasteiger partial charge in [0.25, 0.3) is 0 Å². The van der Waals surface area contributed by atoms with E-state index in [4.69, 9.17) is 0 Å². The van der Waals surface area contributed by atoms with Crippen LogP contribution in [-0.4, -0.2) is 0 Å². The first-order chi connectivity index (χ1) is 16.3. The van der Waals surface area contributed by atoms with Crippen molar-refractivity contribution in [3.05, 3.63) is 127 Å². The lowest BCUT2D eigenvalue weighted by Crippen LogP contribution is -1.95. The van der Waals surface area contributed by atoms with E-state index >= 15 is 0 Å². The molecule has 0 bridgehead atoms. The molecule has 5 aromatic rings. The summed E-state index contributed by atoms with van der Waals surface area (Å²) in [7, 11) is 0. The van der Waals surface area contributed by atoms with Crippen molar-refractivity contribution in [2.75, 3.05) is 0 Å². The van der Waals surface area contributed by atoms with Crippen molar-refractivity contribution in [1.82, 2.24) is 0 Å². The van der Waals surface area contributed by atoms with Gasteiger partial charge in [0.1, 0.15) is 0 Å². The summed E-state index contributed by atoms with van der Waals surface area (Å²) in [6.45, 7) is 2.27. The largest absolute Gasteiger partial charge is 0.0808 e. The summed E-state index contributed by atoms with van der Waals surface area (Å²) in [5.74, 6) is 0.614. The molecule has 0 aromatic heterocycles. The number of hydrogen-bond donors (Lipinski definition) is 0. The van der Waals surface area contributed by atoms with Crippen LogP contribution >= 0.6 is 0 Å². The summed E-state index contributed by atoms with van der Waals surface area (Å²) >= 11 is 0. The van der Waals surface area contributed by atoms with Crippen LogP contribution in [0.1, 0.15) is 18.9 Å². The molecule has 1 aliphatic carbocycles. The van der Waals surface area contributed by atoms with E-state index in [0.717, 1.165) is 6.42 Å². The molecule has 1 atom stereocenters. The van der Waals surface area contributed by atoms with Crippen molar-refractivity contribution in [2.24, 2.45) is 5.92 Å². The third-order valence-electron chi connectivity index (χ3n) is 6.80. The molecule has 0 fully saturated rings. The molecule has 1 unspecified atom stereocenters. The monoisotopic (exact) mass is 422 g/mol. The summed E-state index contributed by atoms with van der Waals surface area (Å²) in [5.41, 5.74) is 7.76. The fourth-order valence-corrected chi connectivity index (χ4v) is 5.13. The lowest BCUT2D eigenvalue weighted by molar-refractivity contribution is 0.739. The Morgan fingerprint density at radius 2 is 1.09 bits per heavy atom. The van der Waals surface area contributed by atoms with Crippen molar-refractivity contribution in [2.45, 2.75) is 13.3 Å². The molecule has 0 nitrogen and oxygen atoms in total. The number of rotatable bonds is 3. The van der Waals surface area contributed by atoms with Gasteiger partial charge in [0.2, 0.25) is 0 Å². The molecule has 0 radical (unpaired) electrons. The molecule has 0 spiro atoms. The maximum Gasteiger partial charge on any atom is -0.00262 e. The van der Waals surface area contributed by atoms with Gasteiger partial charge in [-0.15, -0.1) is 0 Å². The Hall–Kier alpha value is -3.90. The minimum atomic E-state index is 0.614. The average molecular weight is 423 g/mol. The first-order valence-corrected chi connectivity index (χ1v) is 11.8. The van der Waals surface area contributed by atoms with Gasteiger partial charge in [-0.2, -0.15) is 0 Å². The molecule has 1 aliphatic rings. The first-order valence-electron chi connectivity index (χ1n) is 11.8.